The fourth-order valence-electron chi connectivity index (χ4n) is 1.84. The average molecular weight is 319 g/mol. The van der Waals surface area contributed by atoms with Crippen LogP contribution in [0.3, 0.4) is 0 Å². The largest absolute Gasteiger partial charge is 0.491 e. The van der Waals surface area contributed by atoms with Crippen LogP contribution in [0.25, 0.3) is 0 Å². The second-order valence-electron chi connectivity index (χ2n) is 5.10. The molecule has 2 aromatic rings. The van der Waals surface area contributed by atoms with Crippen molar-refractivity contribution in [3.05, 3.63) is 53.6 Å². The number of hydrogen-bond acceptors (Lipinski definition) is 3. The maximum Gasteiger partial charge on any atom is 0.243 e. The fourth-order valence-corrected chi connectivity index (χ4v) is 1.97. The van der Waals surface area contributed by atoms with Crippen molar-refractivity contribution in [1.29, 1.82) is 0 Å². The van der Waals surface area contributed by atoms with Crippen molar-refractivity contribution >= 4 is 28.9 Å². The first-order valence-electron chi connectivity index (χ1n) is 7.09. The maximum absolute atomic E-state index is 11.9. The van der Waals surface area contributed by atoms with E-state index < -0.39 is 0 Å². The van der Waals surface area contributed by atoms with Gasteiger partial charge in [0.05, 0.1) is 12.6 Å². The van der Waals surface area contributed by atoms with Gasteiger partial charge in [-0.05, 0) is 62.4 Å². The molecule has 116 valence electrons. The molecule has 4 nitrogen and oxygen atoms in total. The Labute approximate surface area is 135 Å². The molecular weight excluding hydrogens is 300 g/mol. The van der Waals surface area contributed by atoms with Gasteiger partial charge < -0.3 is 15.4 Å². The first-order valence-corrected chi connectivity index (χ1v) is 7.47. The van der Waals surface area contributed by atoms with Crippen LogP contribution in [0.15, 0.2) is 48.5 Å². The molecule has 0 aliphatic heterocycles. The van der Waals surface area contributed by atoms with Crippen LogP contribution in [-0.4, -0.2) is 18.6 Å². The Kier molecular flexibility index (Phi) is 5.67. The first-order chi connectivity index (χ1) is 10.5. The van der Waals surface area contributed by atoms with Crippen molar-refractivity contribution in [2.45, 2.75) is 20.0 Å². The van der Waals surface area contributed by atoms with E-state index in [0.29, 0.717) is 5.02 Å². The number of amides is 1. The van der Waals surface area contributed by atoms with E-state index in [9.17, 15) is 4.79 Å². The van der Waals surface area contributed by atoms with Crippen LogP contribution in [0.4, 0.5) is 11.4 Å². The monoisotopic (exact) mass is 318 g/mol. The third-order valence-electron chi connectivity index (χ3n) is 2.81. The predicted molar refractivity (Wildman–Crippen MR) is 90.8 cm³/mol. The minimum absolute atomic E-state index is 0.121. The molecular formula is C17H19ClN2O2. The zero-order chi connectivity index (χ0) is 15.9. The molecule has 0 bridgehead atoms. The van der Waals surface area contributed by atoms with E-state index >= 15 is 0 Å². The molecule has 22 heavy (non-hydrogen) atoms. The Hall–Kier alpha value is -2.20. The third-order valence-corrected chi connectivity index (χ3v) is 3.06. The summed E-state index contributed by atoms with van der Waals surface area (Å²) in [4.78, 5) is 11.9. The number of ether oxygens (including phenoxy) is 1. The molecule has 0 saturated carbocycles. The van der Waals surface area contributed by atoms with Crippen molar-refractivity contribution in [3.63, 3.8) is 0 Å². The number of rotatable bonds is 6. The van der Waals surface area contributed by atoms with Crippen LogP contribution in [0.5, 0.6) is 5.75 Å². The average Bonchev–Trinajstić information content (AvgIpc) is 2.48. The fraction of sp³-hybridized carbons (Fsp3) is 0.235. The summed E-state index contributed by atoms with van der Waals surface area (Å²) < 4.78 is 5.57. The highest BCUT2D eigenvalue weighted by molar-refractivity contribution is 6.30. The summed E-state index contributed by atoms with van der Waals surface area (Å²) in [5.74, 6) is 0.691. The van der Waals surface area contributed by atoms with Gasteiger partial charge in [0.25, 0.3) is 0 Å². The molecule has 2 aromatic carbocycles. The quantitative estimate of drug-likeness (QED) is 0.840. The second kappa shape index (κ2) is 7.71. The summed E-state index contributed by atoms with van der Waals surface area (Å²) in [6.45, 7) is 4.15. The first kappa shape index (κ1) is 16.2. The lowest BCUT2D eigenvalue weighted by Crippen LogP contribution is -2.21. The molecule has 0 aliphatic rings. The second-order valence-corrected chi connectivity index (χ2v) is 5.54. The molecule has 2 rings (SSSR count). The van der Waals surface area contributed by atoms with Crippen molar-refractivity contribution in [2.75, 3.05) is 17.2 Å². The molecule has 0 aromatic heterocycles. The molecule has 0 aliphatic carbocycles. The van der Waals surface area contributed by atoms with Gasteiger partial charge in [0.2, 0.25) is 5.91 Å². The highest BCUT2D eigenvalue weighted by Gasteiger charge is 2.03. The smallest absolute Gasteiger partial charge is 0.243 e. The Morgan fingerprint density at radius 2 is 1.64 bits per heavy atom. The predicted octanol–water partition coefficient (Wildman–Crippen LogP) is 4.18. The van der Waals surface area contributed by atoms with E-state index in [1.807, 2.05) is 38.1 Å². The number of nitrogens with one attached hydrogen (secondary N) is 2. The number of carbonyl (C=O) groups excluding carboxylic acids is 1. The number of anilines is 2. The van der Waals surface area contributed by atoms with E-state index in [-0.39, 0.29) is 18.6 Å². The topological polar surface area (TPSA) is 50.4 Å². The molecule has 0 fully saturated rings. The molecule has 0 heterocycles. The lowest BCUT2D eigenvalue weighted by atomic mass is 10.3. The molecule has 0 unspecified atom stereocenters. The minimum atomic E-state index is -0.121. The summed E-state index contributed by atoms with van der Waals surface area (Å²) in [6, 6.07) is 14.5. The summed E-state index contributed by atoms with van der Waals surface area (Å²) in [7, 11) is 0. The number of hydrogen-bond donors (Lipinski definition) is 2. The Morgan fingerprint density at radius 3 is 2.23 bits per heavy atom. The summed E-state index contributed by atoms with van der Waals surface area (Å²) >= 11 is 5.80. The summed E-state index contributed by atoms with van der Waals surface area (Å²) in [5.41, 5.74) is 1.58. The van der Waals surface area contributed by atoms with Crippen LogP contribution >= 0.6 is 11.6 Å². The van der Waals surface area contributed by atoms with E-state index in [4.69, 9.17) is 16.3 Å². The van der Waals surface area contributed by atoms with E-state index in [1.165, 1.54) is 0 Å². The van der Waals surface area contributed by atoms with Gasteiger partial charge in [0.15, 0.2) is 0 Å². The summed E-state index contributed by atoms with van der Waals surface area (Å²) in [6.07, 6.45) is 0.143. The molecule has 5 heteroatoms. The maximum atomic E-state index is 11.9. The lowest BCUT2D eigenvalue weighted by molar-refractivity contribution is -0.114. The van der Waals surface area contributed by atoms with Crippen LogP contribution in [0.1, 0.15) is 13.8 Å². The Morgan fingerprint density at radius 1 is 1.05 bits per heavy atom. The third kappa shape index (κ3) is 5.30. The minimum Gasteiger partial charge on any atom is -0.491 e. The standard InChI is InChI=1S/C17H19ClN2O2/c1-12(2)22-16-9-7-14(8-10-16)19-11-17(21)20-15-5-3-13(18)4-6-15/h3-10,12,19H,11H2,1-2H3,(H,20,21). The zero-order valence-electron chi connectivity index (χ0n) is 12.6. The number of halogens is 1. The molecule has 0 atom stereocenters. The van der Waals surface area contributed by atoms with Gasteiger partial charge >= 0.3 is 0 Å². The lowest BCUT2D eigenvalue weighted by Gasteiger charge is -2.11. The van der Waals surface area contributed by atoms with Gasteiger partial charge in [-0.1, -0.05) is 11.6 Å². The van der Waals surface area contributed by atoms with Gasteiger partial charge in [0.1, 0.15) is 5.75 Å². The number of benzene rings is 2. The zero-order valence-corrected chi connectivity index (χ0v) is 13.4. The highest BCUT2D eigenvalue weighted by Crippen LogP contribution is 2.17. The molecule has 0 saturated heterocycles. The van der Waals surface area contributed by atoms with Crippen LogP contribution in [0.2, 0.25) is 5.02 Å². The molecule has 0 radical (unpaired) electrons. The van der Waals surface area contributed by atoms with Crippen molar-refractivity contribution in [1.82, 2.24) is 0 Å². The van der Waals surface area contributed by atoms with Gasteiger partial charge in [-0.15, -0.1) is 0 Å². The summed E-state index contributed by atoms with van der Waals surface area (Å²) in [5, 5.41) is 6.49. The SMILES string of the molecule is CC(C)Oc1ccc(NCC(=O)Nc2ccc(Cl)cc2)cc1. The van der Waals surface area contributed by atoms with E-state index in [1.54, 1.807) is 24.3 Å². The van der Waals surface area contributed by atoms with Crippen molar-refractivity contribution in [3.8, 4) is 5.75 Å². The Balaban J connectivity index is 1.81. The van der Waals surface area contributed by atoms with Crippen LogP contribution in [-0.2, 0) is 4.79 Å². The van der Waals surface area contributed by atoms with Gasteiger partial charge in [-0.3, -0.25) is 4.79 Å². The highest BCUT2D eigenvalue weighted by atomic mass is 35.5. The molecule has 2 N–H and O–H groups in total. The van der Waals surface area contributed by atoms with E-state index in [0.717, 1.165) is 17.1 Å². The van der Waals surface area contributed by atoms with Crippen molar-refractivity contribution < 1.29 is 9.53 Å². The van der Waals surface area contributed by atoms with Crippen molar-refractivity contribution in [2.24, 2.45) is 0 Å². The molecule has 0 spiro atoms. The van der Waals surface area contributed by atoms with Crippen LogP contribution < -0.4 is 15.4 Å². The number of carbonyl (C=O) groups is 1. The van der Waals surface area contributed by atoms with Gasteiger partial charge in [-0.2, -0.15) is 0 Å². The van der Waals surface area contributed by atoms with E-state index in [2.05, 4.69) is 10.6 Å². The normalized spacial score (nSPS) is 10.4. The Bertz CT molecular complexity index is 610. The van der Waals surface area contributed by atoms with Gasteiger partial charge in [0, 0.05) is 16.4 Å². The van der Waals surface area contributed by atoms with Gasteiger partial charge in [-0.25, -0.2) is 0 Å². The van der Waals surface area contributed by atoms with Crippen LogP contribution in [0, 0.1) is 0 Å². The molecule has 1 amide bonds.